The van der Waals surface area contributed by atoms with Crippen LogP contribution in [0.15, 0.2) is 47.6 Å². The van der Waals surface area contributed by atoms with Crippen LogP contribution in [0, 0.1) is 0 Å². The lowest BCUT2D eigenvalue weighted by Crippen LogP contribution is -2.41. The number of amides is 3. The first-order valence-corrected chi connectivity index (χ1v) is 10.7. The van der Waals surface area contributed by atoms with E-state index in [0.29, 0.717) is 23.5 Å². The largest absolute Gasteiger partial charge is 0.493 e. The third-order valence-corrected chi connectivity index (χ3v) is 4.79. The van der Waals surface area contributed by atoms with Crippen molar-refractivity contribution in [2.75, 3.05) is 19.0 Å². The number of methoxy groups -OCH3 is 1. The zero-order chi connectivity index (χ0) is 24.2. The van der Waals surface area contributed by atoms with E-state index in [1.807, 2.05) is 38.1 Å². The molecule has 3 N–H and O–H groups in total. The first-order chi connectivity index (χ1) is 15.9. The Hall–Kier alpha value is -3.88. The number of rotatable bonds is 10. The normalized spacial score (nSPS) is 11.5. The van der Waals surface area contributed by atoms with Crippen molar-refractivity contribution in [3.63, 3.8) is 0 Å². The number of para-hydroxylation sites is 1. The molecule has 0 saturated heterocycles. The Morgan fingerprint density at radius 3 is 2.52 bits per heavy atom. The third kappa shape index (κ3) is 7.95. The van der Waals surface area contributed by atoms with Gasteiger partial charge in [-0.3, -0.25) is 14.4 Å². The van der Waals surface area contributed by atoms with Crippen molar-refractivity contribution in [2.24, 2.45) is 5.10 Å². The lowest BCUT2D eigenvalue weighted by Gasteiger charge is -2.13. The number of hydrogen-bond acceptors (Lipinski definition) is 6. The molecular weight excluding hydrogens is 424 g/mol. The quantitative estimate of drug-likeness (QED) is 0.290. The van der Waals surface area contributed by atoms with Gasteiger partial charge in [0.15, 0.2) is 18.1 Å². The molecule has 0 aliphatic rings. The Morgan fingerprint density at radius 2 is 1.82 bits per heavy atom. The average molecular weight is 455 g/mol. The van der Waals surface area contributed by atoms with Crippen molar-refractivity contribution in [1.29, 1.82) is 0 Å². The lowest BCUT2D eigenvalue weighted by atomic mass is 10.1. The molecule has 2 aromatic carbocycles. The first kappa shape index (κ1) is 25.4. The van der Waals surface area contributed by atoms with Crippen LogP contribution in [0.5, 0.6) is 11.5 Å². The summed E-state index contributed by atoms with van der Waals surface area (Å²) in [5, 5.41) is 9.19. The summed E-state index contributed by atoms with van der Waals surface area (Å²) in [7, 11) is 1.47. The number of hydrazone groups is 1. The highest BCUT2D eigenvalue weighted by Gasteiger charge is 2.14. The maximum absolute atomic E-state index is 12.3. The third-order valence-electron chi connectivity index (χ3n) is 4.79. The van der Waals surface area contributed by atoms with Crippen molar-refractivity contribution in [3.8, 4) is 11.5 Å². The monoisotopic (exact) mass is 454 g/mol. The van der Waals surface area contributed by atoms with Crippen molar-refractivity contribution in [3.05, 3.63) is 53.6 Å². The number of benzene rings is 2. The molecule has 1 atom stereocenters. The van der Waals surface area contributed by atoms with Gasteiger partial charge in [-0.2, -0.15) is 5.10 Å². The maximum atomic E-state index is 12.3. The Labute approximate surface area is 193 Å². The second-order valence-corrected chi connectivity index (χ2v) is 7.24. The molecule has 33 heavy (non-hydrogen) atoms. The summed E-state index contributed by atoms with van der Waals surface area (Å²) >= 11 is 0. The lowest BCUT2D eigenvalue weighted by molar-refractivity contribution is -0.139. The van der Waals surface area contributed by atoms with E-state index in [1.54, 1.807) is 25.1 Å². The van der Waals surface area contributed by atoms with Crippen LogP contribution in [0.2, 0.25) is 0 Å². The fourth-order valence-corrected chi connectivity index (χ4v) is 2.77. The topological polar surface area (TPSA) is 118 Å². The summed E-state index contributed by atoms with van der Waals surface area (Å²) in [4.78, 5) is 35.8. The standard InChI is InChI=1S/C24H30N4O5/c1-5-16(3)26-23(30)24(31)28-25-14-17-11-12-20(21(13-17)32-4)33-15-22(29)27-19-10-8-7-9-18(19)6-2/h7-14,16H,5-6,15H2,1-4H3,(H,26,30)(H,27,29)(H,28,31)/b25-14-/t16-/m0/s1. The molecule has 9 nitrogen and oxygen atoms in total. The van der Waals surface area contributed by atoms with E-state index in [9.17, 15) is 14.4 Å². The Kier molecular flexibility index (Phi) is 9.88. The predicted octanol–water partition coefficient (Wildman–Crippen LogP) is 2.64. The van der Waals surface area contributed by atoms with Crippen molar-refractivity contribution < 1.29 is 23.9 Å². The van der Waals surface area contributed by atoms with E-state index in [0.717, 1.165) is 17.7 Å². The maximum Gasteiger partial charge on any atom is 0.329 e. The number of aryl methyl sites for hydroxylation is 1. The van der Waals surface area contributed by atoms with Gasteiger partial charge in [0.1, 0.15) is 0 Å². The molecule has 0 saturated carbocycles. The van der Waals surface area contributed by atoms with Gasteiger partial charge in [0.05, 0.1) is 13.3 Å². The minimum atomic E-state index is -0.853. The number of nitrogens with zero attached hydrogens (tertiary/aromatic N) is 1. The van der Waals surface area contributed by atoms with Gasteiger partial charge >= 0.3 is 11.8 Å². The van der Waals surface area contributed by atoms with Gasteiger partial charge in [-0.25, -0.2) is 5.43 Å². The van der Waals surface area contributed by atoms with E-state index in [1.165, 1.54) is 13.3 Å². The van der Waals surface area contributed by atoms with Gasteiger partial charge in [-0.1, -0.05) is 32.0 Å². The van der Waals surface area contributed by atoms with E-state index >= 15 is 0 Å². The molecule has 0 radical (unpaired) electrons. The SMILES string of the molecule is CCc1ccccc1NC(=O)COc1ccc(/C=N\NC(=O)C(=O)N[C@@H](C)CC)cc1OC. The minimum Gasteiger partial charge on any atom is -0.493 e. The minimum absolute atomic E-state index is 0.104. The molecule has 0 aliphatic heterocycles. The number of hydrogen-bond donors (Lipinski definition) is 3. The second-order valence-electron chi connectivity index (χ2n) is 7.24. The van der Waals surface area contributed by atoms with Crippen LogP contribution >= 0.6 is 0 Å². The summed E-state index contributed by atoms with van der Waals surface area (Å²) in [6.45, 7) is 5.53. The number of ether oxygens (including phenoxy) is 2. The molecule has 2 rings (SSSR count). The van der Waals surface area contributed by atoms with Crippen LogP contribution in [0.25, 0.3) is 0 Å². The van der Waals surface area contributed by atoms with Crippen LogP contribution in [-0.2, 0) is 20.8 Å². The van der Waals surface area contributed by atoms with Gasteiger partial charge in [0.25, 0.3) is 5.91 Å². The zero-order valence-corrected chi connectivity index (χ0v) is 19.3. The summed E-state index contributed by atoms with van der Waals surface area (Å²) in [5.41, 5.74) is 4.57. The van der Waals surface area contributed by atoms with Crippen LogP contribution in [0.1, 0.15) is 38.3 Å². The molecule has 0 spiro atoms. The average Bonchev–Trinajstić information content (AvgIpc) is 2.83. The first-order valence-electron chi connectivity index (χ1n) is 10.7. The predicted molar refractivity (Wildman–Crippen MR) is 127 cm³/mol. The number of nitrogens with one attached hydrogen (secondary N) is 3. The van der Waals surface area contributed by atoms with E-state index in [-0.39, 0.29) is 18.6 Å². The van der Waals surface area contributed by atoms with E-state index < -0.39 is 11.8 Å². The molecule has 0 unspecified atom stereocenters. The molecule has 9 heteroatoms. The van der Waals surface area contributed by atoms with Crippen molar-refractivity contribution in [2.45, 2.75) is 39.7 Å². The van der Waals surface area contributed by atoms with Crippen LogP contribution in [-0.4, -0.2) is 43.7 Å². The molecule has 0 fully saturated rings. The second kappa shape index (κ2) is 12.8. The summed E-state index contributed by atoms with van der Waals surface area (Å²) < 4.78 is 10.9. The Balaban J connectivity index is 1.93. The molecule has 2 aromatic rings. The van der Waals surface area contributed by atoms with Gasteiger partial charge in [-0.05, 0) is 55.2 Å². The molecule has 0 heterocycles. The number of anilines is 1. The highest BCUT2D eigenvalue weighted by Crippen LogP contribution is 2.27. The van der Waals surface area contributed by atoms with Gasteiger partial charge in [0, 0.05) is 11.7 Å². The van der Waals surface area contributed by atoms with Crippen molar-refractivity contribution >= 4 is 29.6 Å². The van der Waals surface area contributed by atoms with E-state index in [4.69, 9.17) is 9.47 Å². The van der Waals surface area contributed by atoms with Gasteiger partial charge in [-0.15, -0.1) is 0 Å². The fraction of sp³-hybridized carbons (Fsp3) is 0.333. The summed E-state index contributed by atoms with van der Waals surface area (Å²) in [6, 6.07) is 12.4. The van der Waals surface area contributed by atoms with Crippen LogP contribution in [0.4, 0.5) is 5.69 Å². The summed E-state index contributed by atoms with van der Waals surface area (Å²) in [6.07, 6.45) is 2.89. The molecule has 0 aromatic heterocycles. The molecule has 0 aliphatic carbocycles. The Bertz CT molecular complexity index is 1010. The molecular formula is C24H30N4O5. The number of carbonyl (C=O) groups excluding carboxylic acids is 3. The number of carbonyl (C=O) groups is 3. The highest BCUT2D eigenvalue weighted by molar-refractivity contribution is 6.35. The highest BCUT2D eigenvalue weighted by atomic mass is 16.5. The van der Waals surface area contributed by atoms with Crippen LogP contribution < -0.4 is 25.5 Å². The molecule has 3 amide bonds. The van der Waals surface area contributed by atoms with Crippen molar-refractivity contribution in [1.82, 2.24) is 10.7 Å². The smallest absolute Gasteiger partial charge is 0.329 e. The van der Waals surface area contributed by atoms with Gasteiger partial charge < -0.3 is 20.1 Å². The molecule has 176 valence electrons. The van der Waals surface area contributed by atoms with Gasteiger partial charge in [0.2, 0.25) is 0 Å². The zero-order valence-electron chi connectivity index (χ0n) is 19.3. The fourth-order valence-electron chi connectivity index (χ4n) is 2.77. The molecule has 0 bridgehead atoms. The van der Waals surface area contributed by atoms with E-state index in [2.05, 4.69) is 21.2 Å². The van der Waals surface area contributed by atoms with Crippen LogP contribution in [0.3, 0.4) is 0 Å². The summed E-state index contributed by atoms with van der Waals surface area (Å²) in [5.74, 6) is -1.12. The Morgan fingerprint density at radius 1 is 1.06 bits per heavy atom.